The van der Waals surface area contributed by atoms with Crippen LogP contribution in [0.4, 0.5) is 14.6 Å². The van der Waals surface area contributed by atoms with Crippen molar-refractivity contribution >= 4 is 33.3 Å². The number of anilines is 1. The summed E-state index contributed by atoms with van der Waals surface area (Å²) < 4.78 is 51.4. The van der Waals surface area contributed by atoms with Crippen molar-refractivity contribution in [3.8, 4) is 5.69 Å². The number of hydrogen-bond donors (Lipinski definition) is 1. The molecule has 0 fully saturated rings. The molecule has 1 amide bonds. The molecule has 10 heteroatoms. The molecule has 1 N–H and O–H groups in total. The summed E-state index contributed by atoms with van der Waals surface area (Å²) in [6, 6.07) is 13.4. The molecule has 0 bridgehead atoms. The van der Waals surface area contributed by atoms with Crippen LogP contribution in [0.5, 0.6) is 0 Å². The van der Waals surface area contributed by atoms with Crippen LogP contribution in [0, 0.1) is 6.92 Å². The van der Waals surface area contributed by atoms with Gasteiger partial charge in [-0.15, -0.1) is 0 Å². The Morgan fingerprint density at radius 2 is 1.93 bits per heavy atom. The monoisotopic (exact) mass is 449 g/mol. The molecule has 0 saturated heterocycles. The molecule has 30 heavy (non-hydrogen) atoms. The Kier molecular flexibility index (Phi) is 5.37. The Hall–Kier alpha value is -2.72. The topological polar surface area (TPSA) is 81.1 Å². The molecule has 1 aliphatic heterocycles. The highest BCUT2D eigenvalue weighted by Gasteiger charge is 2.33. The number of alkyl halides is 2. The van der Waals surface area contributed by atoms with Gasteiger partial charge in [0.15, 0.2) is 9.84 Å². The quantitative estimate of drug-likeness (QED) is 0.591. The van der Waals surface area contributed by atoms with E-state index in [9.17, 15) is 22.0 Å². The van der Waals surface area contributed by atoms with Crippen LogP contribution >= 0.6 is 11.8 Å². The number of rotatable bonds is 5. The van der Waals surface area contributed by atoms with E-state index in [-0.39, 0.29) is 39.5 Å². The maximum atomic E-state index is 13.0. The standard InChI is InChI=1S/C20H17F2N3O3S2/c1-12-5-4-6-13(9-12)25-18(15-10-30(27,28)11-16(15)24-25)23-19(26)14-7-2-3-8-17(14)29-20(21)22/h2-9,20H,10-11H2,1H3,(H,23,26). The Bertz CT molecular complexity index is 1240. The number of thioether (sulfide) groups is 1. The van der Waals surface area contributed by atoms with E-state index < -0.39 is 21.5 Å². The van der Waals surface area contributed by atoms with Gasteiger partial charge in [0.25, 0.3) is 11.7 Å². The molecule has 0 atom stereocenters. The molecular weight excluding hydrogens is 432 g/mol. The van der Waals surface area contributed by atoms with Crippen LogP contribution in [0.15, 0.2) is 53.4 Å². The van der Waals surface area contributed by atoms with Crippen LogP contribution in [-0.4, -0.2) is 29.9 Å². The number of fused-ring (bicyclic) bond motifs is 1. The van der Waals surface area contributed by atoms with Gasteiger partial charge in [0, 0.05) is 10.5 Å². The predicted octanol–water partition coefficient (Wildman–Crippen LogP) is 4.18. The third-order valence-electron chi connectivity index (χ3n) is 4.61. The molecule has 0 unspecified atom stereocenters. The molecule has 0 radical (unpaired) electrons. The fourth-order valence-electron chi connectivity index (χ4n) is 3.35. The van der Waals surface area contributed by atoms with E-state index in [1.165, 1.54) is 16.8 Å². The van der Waals surface area contributed by atoms with Gasteiger partial charge in [-0.3, -0.25) is 4.79 Å². The zero-order chi connectivity index (χ0) is 21.5. The maximum Gasteiger partial charge on any atom is 0.288 e. The van der Waals surface area contributed by atoms with E-state index in [4.69, 9.17) is 0 Å². The second-order valence-corrected chi connectivity index (χ2v) is 9.98. The van der Waals surface area contributed by atoms with E-state index in [0.717, 1.165) is 5.56 Å². The maximum absolute atomic E-state index is 13.0. The first kappa shape index (κ1) is 20.5. The summed E-state index contributed by atoms with van der Waals surface area (Å²) in [5.74, 6) is -3.50. The molecule has 0 spiro atoms. The second-order valence-electron chi connectivity index (χ2n) is 6.89. The van der Waals surface area contributed by atoms with Gasteiger partial charge in [0.1, 0.15) is 5.82 Å². The van der Waals surface area contributed by atoms with E-state index in [1.807, 2.05) is 25.1 Å². The summed E-state index contributed by atoms with van der Waals surface area (Å²) in [6.07, 6.45) is 0. The van der Waals surface area contributed by atoms with Crippen molar-refractivity contribution in [2.45, 2.75) is 29.1 Å². The molecule has 3 aromatic rings. The summed E-state index contributed by atoms with van der Waals surface area (Å²) in [7, 11) is -3.35. The number of sulfone groups is 1. The molecule has 156 valence electrons. The number of halogens is 2. The van der Waals surface area contributed by atoms with Gasteiger partial charge in [-0.05, 0) is 36.8 Å². The zero-order valence-corrected chi connectivity index (χ0v) is 17.4. The van der Waals surface area contributed by atoms with Crippen LogP contribution < -0.4 is 5.32 Å². The Balaban J connectivity index is 1.77. The van der Waals surface area contributed by atoms with Crippen molar-refractivity contribution in [2.75, 3.05) is 5.32 Å². The third kappa shape index (κ3) is 4.10. The fourth-order valence-corrected chi connectivity index (χ4v) is 5.48. The van der Waals surface area contributed by atoms with Crippen LogP contribution in [-0.2, 0) is 21.3 Å². The second kappa shape index (κ2) is 7.84. The number of nitrogens with one attached hydrogen (secondary N) is 1. The third-order valence-corrected chi connectivity index (χ3v) is 6.84. The largest absolute Gasteiger partial charge is 0.306 e. The molecule has 0 aliphatic carbocycles. The highest BCUT2D eigenvalue weighted by molar-refractivity contribution is 7.99. The summed E-state index contributed by atoms with van der Waals surface area (Å²) in [6.45, 7) is 1.90. The highest BCUT2D eigenvalue weighted by atomic mass is 32.2. The summed E-state index contributed by atoms with van der Waals surface area (Å²) in [5.41, 5.74) is 2.50. The van der Waals surface area contributed by atoms with Gasteiger partial charge in [-0.1, -0.05) is 36.0 Å². The van der Waals surface area contributed by atoms with Crippen LogP contribution in [0.2, 0.25) is 0 Å². The number of nitrogens with zero attached hydrogens (tertiary/aromatic N) is 2. The minimum absolute atomic E-state index is 0.0781. The first-order valence-corrected chi connectivity index (χ1v) is 11.7. The Morgan fingerprint density at radius 3 is 2.67 bits per heavy atom. The average Bonchev–Trinajstić information content (AvgIpc) is 3.14. The Labute approximate surface area is 176 Å². The smallest absolute Gasteiger partial charge is 0.288 e. The van der Waals surface area contributed by atoms with Gasteiger partial charge in [0.05, 0.1) is 28.5 Å². The van der Waals surface area contributed by atoms with Crippen LogP contribution in [0.1, 0.15) is 27.2 Å². The van der Waals surface area contributed by atoms with Crippen molar-refractivity contribution < 1.29 is 22.0 Å². The zero-order valence-electron chi connectivity index (χ0n) is 15.8. The average molecular weight is 450 g/mol. The fraction of sp³-hybridized carbons (Fsp3) is 0.200. The number of aryl methyl sites for hydroxylation is 1. The molecule has 4 rings (SSSR count). The first-order valence-electron chi connectivity index (χ1n) is 8.97. The SMILES string of the molecule is Cc1cccc(-n2nc3c(c2NC(=O)c2ccccc2SC(F)F)CS(=O)(=O)C3)c1. The normalized spacial score (nSPS) is 14.7. The van der Waals surface area contributed by atoms with Crippen molar-refractivity contribution in [2.24, 2.45) is 0 Å². The van der Waals surface area contributed by atoms with Crippen molar-refractivity contribution in [1.29, 1.82) is 0 Å². The number of amides is 1. The van der Waals surface area contributed by atoms with Crippen LogP contribution in [0.3, 0.4) is 0 Å². The lowest BCUT2D eigenvalue weighted by molar-refractivity contribution is 0.102. The van der Waals surface area contributed by atoms with E-state index in [1.54, 1.807) is 18.2 Å². The van der Waals surface area contributed by atoms with Gasteiger partial charge < -0.3 is 5.32 Å². The van der Waals surface area contributed by atoms with Crippen molar-refractivity contribution in [1.82, 2.24) is 9.78 Å². The first-order chi connectivity index (χ1) is 14.2. The molecule has 2 heterocycles. The van der Waals surface area contributed by atoms with E-state index >= 15 is 0 Å². The lowest BCUT2D eigenvalue weighted by atomic mass is 10.2. The summed E-state index contributed by atoms with van der Waals surface area (Å²) >= 11 is 0.281. The lowest BCUT2D eigenvalue weighted by Gasteiger charge is -2.13. The Morgan fingerprint density at radius 1 is 1.17 bits per heavy atom. The molecule has 2 aromatic carbocycles. The van der Waals surface area contributed by atoms with Crippen molar-refractivity contribution in [3.05, 3.63) is 70.9 Å². The van der Waals surface area contributed by atoms with Gasteiger partial charge in [-0.25, -0.2) is 13.1 Å². The minimum atomic E-state index is -3.35. The predicted molar refractivity (Wildman–Crippen MR) is 111 cm³/mol. The molecule has 1 aliphatic rings. The number of hydrogen-bond acceptors (Lipinski definition) is 5. The van der Waals surface area contributed by atoms with Gasteiger partial charge in [-0.2, -0.15) is 13.9 Å². The summed E-state index contributed by atoms with van der Waals surface area (Å²) in [5, 5.41) is 7.13. The van der Waals surface area contributed by atoms with E-state index in [0.29, 0.717) is 16.9 Å². The highest BCUT2D eigenvalue weighted by Crippen LogP contribution is 2.34. The number of aromatic nitrogens is 2. The molecule has 6 nitrogen and oxygen atoms in total. The minimum Gasteiger partial charge on any atom is -0.306 e. The van der Waals surface area contributed by atoms with Gasteiger partial charge >= 0.3 is 0 Å². The molecular formula is C20H17F2N3O3S2. The van der Waals surface area contributed by atoms with Crippen molar-refractivity contribution in [3.63, 3.8) is 0 Å². The molecule has 1 aromatic heterocycles. The van der Waals surface area contributed by atoms with Crippen LogP contribution in [0.25, 0.3) is 5.69 Å². The van der Waals surface area contributed by atoms with E-state index in [2.05, 4.69) is 10.4 Å². The number of carbonyl (C=O) groups excluding carboxylic acids is 1. The van der Waals surface area contributed by atoms with Gasteiger partial charge in [0.2, 0.25) is 0 Å². The number of benzene rings is 2. The number of carbonyl (C=O) groups is 1. The lowest BCUT2D eigenvalue weighted by Crippen LogP contribution is -2.18. The summed E-state index contributed by atoms with van der Waals surface area (Å²) in [4.78, 5) is 13.1. The molecule has 0 saturated carbocycles.